The van der Waals surface area contributed by atoms with Crippen molar-refractivity contribution in [2.24, 2.45) is 7.05 Å². The first-order valence-corrected chi connectivity index (χ1v) is 11.5. The number of sulfonamides is 1. The summed E-state index contributed by atoms with van der Waals surface area (Å²) in [5.41, 5.74) is 4.31. The fourth-order valence-electron chi connectivity index (χ4n) is 3.43. The molecular weight excluding hydrogens is 424 g/mol. The molecule has 2 aromatic carbocycles. The molecule has 0 unspecified atom stereocenters. The lowest BCUT2D eigenvalue weighted by atomic mass is 10.1. The molecule has 0 spiro atoms. The lowest BCUT2D eigenvalue weighted by Crippen LogP contribution is -2.11. The molecule has 6 nitrogen and oxygen atoms in total. The lowest BCUT2D eigenvalue weighted by Gasteiger charge is -2.13. The first-order valence-electron chi connectivity index (χ1n) is 9.19. The molecule has 1 N–H and O–H groups in total. The van der Waals surface area contributed by atoms with Crippen molar-refractivity contribution in [2.45, 2.75) is 13.3 Å². The number of halogens is 1. The fraction of sp³-hybridized carbons (Fsp3) is 0.227. The third-order valence-corrected chi connectivity index (χ3v) is 5.66. The van der Waals surface area contributed by atoms with Crippen LogP contribution in [-0.4, -0.2) is 32.1 Å². The Bertz CT molecular complexity index is 1200. The van der Waals surface area contributed by atoms with E-state index < -0.39 is 10.0 Å². The van der Waals surface area contributed by atoms with Crippen LogP contribution in [0.3, 0.4) is 0 Å². The highest BCUT2D eigenvalue weighted by Crippen LogP contribution is 2.28. The van der Waals surface area contributed by atoms with Gasteiger partial charge in [-0.1, -0.05) is 17.7 Å². The van der Waals surface area contributed by atoms with E-state index >= 15 is 0 Å². The van der Waals surface area contributed by atoms with Crippen LogP contribution in [0.4, 0.5) is 5.69 Å². The number of benzene rings is 2. The zero-order valence-electron chi connectivity index (χ0n) is 17.2. The van der Waals surface area contributed by atoms with E-state index in [9.17, 15) is 13.2 Å². The molecule has 3 rings (SSSR count). The molecule has 0 aliphatic carbocycles. The molecule has 0 saturated heterocycles. The van der Waals surface area contributed by atoms with Gasteiger partial charge in [-0.05, 0) is 48.9 Å². The SMILES string of the molecule is COc1cc(NS(C)(=O)=O)ccc1Cc1cc(C)c(C(=O)c2ccc(Cl)cc2)n1C. The summed E-state index contributed by atoms with van der Waals surface area (Å²) < 4.78 is 32.7. The largest absolute Gasteiger partial charge is 0.496 e. The normalized spacial score (nSPS) is 11.4. The van der Waals surface area contributed by atoms with Gasteiger partial charge in [-0.25, -0.2) is 8.42 Å². The van der Waals surface area contributed by atoms with Crippen LogP contribution < -0.4 is 9.46 Å². The van der Waals surface area contributed by atoms with Crippen LogP contribution in [0.15, 0.2) is 48.5 Å². The highest BCUT2D eigenvalue weighted by molar-refractivity contribution is 7.92. The van der Waals surface area contributed by atoms with E-state index in [0.717, 1.165) is 23.1 Å². The third kappa shape index (κ3) is 4.86. The van der Waals surface area contributed by atoms with Gasteiger partial charge >= 0.3 is 0 Å². The maximum Gasteiger partial charge on any atom is 0.229 e. The van der Waals surface area contributed by atoms with Crippen molar-refractivity contribution in [3.8, 4) is 5.75 Å². The number of anilines is 1. The number of ketones is 1. The summed E-state index contributed by atoms with van der Waals surface area (Å²) in [7, 11) is 0.0182. The average molecular weight is 447 g/mol. The Morgan fingerprint density at radius 3 is 2.40 bits per heavy atom. The van der Waals surface area contributed by atoms with Crippen molar-refractivity contribution in [2.75, 3.05) is 18.1 Å². The van der Waals surface area contributed by atoms with E-state index in [-0.39, 0.29) is 5.78 Å². The summed E-state index contributed by atoms with van der Waals surface area (Å²) in [6, 6.07) is 14.0. The van der Waals surface area contributed by atoms with E-state index in [0.29, 0.717) is 34.1 Å². The van der Waals surface area contributed by atoms with Crippen LogP contribution in [0.1, 0.15) is 32.9 Å². The van der Waals surface area contributed by atoms with Gasteiger partial charge in [0.15, 0.2) is 0 Å². The Kier molecular flexibility index (Phi) is 6.24. The van der Waals surface area contributed by atoms with Crippen molar-refractivity contribution < 1.29 is 17.9 Å². The zero-order chi connectivity index (χ0) is 22.1. The van der Waals surface area contributed by atoms with Crippen LogP contribution in [0, 0.1) is 6.92 Å². The number of rotatable bonds is 7. The number of aryl methyl sites for hydroxylation is 1. The summed E-state index contributed by atoms with van der Waals surface area (Å²) in [5.74, 6) is 0.491. The third-order valence-electron chi connectivity index (χ3n) is 4.81. The minimum Gasteiger partial charge on any atom is -0.496 e. The lowest BCUT2D eigenvalue weighted by molar-refractivity contribution is 0.103. The molecule has 8 heteroatoms. The molecule has 0 amide bonds. The minimum atomic E-state index is -3.38. The molecule has 158 valence electrons. The van der Waals surface area contributed by atoms with Crippen LogP contribution in [0.5, 0.6) is 5.75 Å². The topological polar surface area (TPSA) is 77.4 Å². The molecule has 0 atom stereocenters. The average Bonchev–Trinajstić information content (AvgIpc) is 2.95. The molecule has 0 saturated carbocycles. The van der Waals surface area contributed by atoms with Crippen molar-refractivity contribution in [3.05, 3.63) is 81.6 Å². The first kappa shape index (κ1) is 21.9. The molecule has 0 radical (unpaired) electrons. The summed E-state index contributed by atoms with van der Waals surface area (Å²) in [5, 5.41) is 0.580. The van der Waals surface area contributed by atoms with E-state index in [1.807, 2.05) is 30.7 Å². The number of ether oxygens (including phenoxy) is 1. The van der Waals surface area contributed by atoms with Gasteiger partial charge in [0.25, 0.3) is 0 Å². The van der Waals surface area contributed by atoms with Gasteiger partial charge in [0.05, 0.1) is 24.7 Å². The summed E-state index contributed by atoms with van der Waals surface area (Å²) in [4.78, 5) is 13.0. The van der Waals surface area contributed by atoms with Gasteiger partial charge in [0, 0.05) is 41.4 Å². The standard InChI is InChI=1S/C22H23ClN2O4S/c1-14-11-19(25(2)21(14)22(26)15-5-8-17(23)9-6-15)12-16-7-10-18(13-20(16)29-3)24-30(4,27)28/h5-11,13,24H,12H2,1-4H3. The molecule has 0 aliphatic heterocycles. The van der Waals surface area contributed by atoms with Gasteiger partial charge in [-0.2, -0.15) is 0 Å². The smallest absolute Gasteiger partial charge is 0.229 e. The van der Waals surface area contributed by atoms with Crippen molar-refractivity contribution in [1.29, 1.82) is 0 Å². The van der Waals surface area contributed by atoms with Gasteiger partial charge in [-0.3, -0.25) is 9.52 Å². The minimum absolute atomic E-state index is 0.0717. The molecule has 0 aliphatic rings. The Morgan fingerprint density at radius 2 is 1.80 bits per heavy atom. The number of nitrogens with zero attached hydrogens (tertiary/aromatic N) is 1. The van der Waals surface area contributed by atoms with E-state index in [1.165, 1.54) is 7.11 Å². The maximum absolute atomic E-state index is 13.0. The van der Waals surface area contributed by atoms with Gasteiger partial charge in [0.2, 0.25) is 15.8 Å². The Balaban J connectivity index is 1.92. The van der Waals surface area contributed by atoms with E-state index in [4.69, 9.17) is 16.3 Å². The second-order valence-electron chi connectivity index (χ2n) is 7.14. The van der Waals surface area contributed by atoms with Crippen LogP contribution in [0.25, 0.3) is 0 Å². The van der Waals surface area contributed by atoms with Gasteiger partial charge in [-0.15, -0.1) is 0 Å². The highest BCUT2D eigenvalue weighted by Gasteiger charge is 2.19. The molecule has 3 aromatic rings. The number of carbonyl (C=O) groups excluding carboxylic acids is 1. The molecule has 1 heterocycles. The molecule has 0 bridgehead atoms. The van der Waals surface area contributed by atoms with Crippen LogP contribution in [0.2, 0.25) is 5.02 Å². The van der Waals surface area contributed by atoms with Crippen molar-refractivity contribution in [3.63, 3.8) is 0 Å². The fourth-order valence-corrected chi connectivity index (χ4v) is 4.11. The molecule has 1 aromatic heterocycles. The number of hydrogen-bond donors (Lipinski definition) is 1. The highest BCUT2D eigenvalue weighted by atomic mass is 35.5. The number of methoxy groups -OCH3 is 1. The van der Waals surface area contributed by atoms with Gasteiger partial charge in [0.1, 0.15) is 5.75 Å². The molecule has 30 heavy (non-hydrogen) atoms. The van der Waals surface area contributed by atoms with Gasteiger partial charge < -0.3 is 9.30 Å². The van der Waals surface area contributed by atoms with Crippen molar-refractivity contribution in [1.82, 2.24) is 4.57 Å². The van der Waals surface area contributed by atoms with Crippen LogP contribution >= 0.6 is 11.6 Å². The Morgan fingerprint density at radius 1 is 1.13 bits per heavy atom. The van der Waals surface area contributed by atoms with Crippen molar-refractivity contribution >= 4 is 33.1 Å². The number of nitrogens with one attached hydrogen (secondary N) is 1. The number of aromatic nitrogens is 1. The second kappa shape index (κ2) is 8.53. The maximum atomic E-state index is 13.0. The quantitative estimate of drug-likeness (QED) is 0.552. The van der Waals surface area contributed by atoms with E-state index in [2.05, 4.69) is 4.72 Å². The molecular formula is C22H23ClN2O4S. The van der Waals surface area contributed by atoms with E-state index in [1.54, 1.807) is 36.4 Å². The second-order valence-corrected chi connectivity index (χ2v) is 9.32. The monoisotopic (exact) mass is 446 g/mol. The predicted octanol–water partition coefficient (Wildman–Crippen LogP) is 4.19. The van der Waals surface area contributed by atoms with Crippen LogP contribution in [-0.2, 0) is 23.5 Å². The Labute approximate surface area is 181 Å². The summed E-state index contributed by atoms with van der Waals surface area (Å²) in [6.07, 6.45) is 1.62. The number of carbonyl (C=O) groups is 1. The summed E-state index contributed by atoms with van der Waals surface area (Å²) in [6.45, 7) is 1.91. The molecule has 0 fully saturated rings. The first-order chi connectivity index (χ1) is 14.1. The predicted molar refractivity (Wildman–Crippen MR) is 119 cm³/mol. The zero-order valence-corrected chi connectivity index (χ0v) is 18.8. The number of hydrogen-bond acceptors (Lipinski definition) is 4. The summed E-state index contributed by atoms with van der Waals surface area (Å²) >= 11 is 5.93. The Hall–Kier alpha value is -2.77.